The zero-order valence-corrected chi connectivity index (χ0v) is 10.2. The minimum atomic E-state index is 0.612. The van der Waals surface area contributed by atoms with Gasteiger partial charge in [-0.05, 0) is 31.1 Å². The van der Waals surface area contributed by atoms with E-state index in [-0.39, 0.29) is 0 Å². The van der Waals surface area contributed by atoms with Crippen LogP contribution in [0.2, 0.25) is 0 Å². The van der Waals surface area contributed by atoms with Gasteiger partial charge in [-0.15, -0.1) is 11.3 Å². The maximum Gasteiger partial charge on any atom is 0.180 e. The first-order valence-corrected chi connectivity index (χ1v) is 5.99. The standard InChI is InChI=1S/C13H14N2S/c1-9-3-4-10(2)11(7-9)5-6-12-8-16-13(14)15-12/h3-8H,1-2H3,(H2,14,15). The fourth-order valence-corrected chi connectivity index (χ4v) is 2.02. The highest BCUT2D eigenvalue weighted by molar-refractivity contribution is 7.13. The van der Waals surface area contributed by atoms with Gasteiger partial charge in [0.25, 0.3) is 0 Å². The van der Waals surface area contributed by atoms with E-state index < -0.39 is 0 Å². The first-order chi connectivity index (χ1) is 7.65. The second-order valence-corrected chi connectivity index (χ2v) is 4.69. The van der Waals surface area contributed by atoms with Crippen LogP contribution in [0.15, 0.2) is 23.6 Å². The van der Waals surface area contributed by atoms with Crippen LogP contribution in [0.5, 0.6) is 0 Å². The third kappa shape index (κ3) is 2.49. The maximum absolute atomic E-state index is 5.58. The van der Waals surface area contributed by atoms with E-state index in [1.54, 1.807) is 0 Å². The van der Waals surface area contributed by atoms with Crippen molar-refractivity contribution in [3.63, 3.8) is 0 Å². The number of thiazole rings is 1. The average Bonchev–Trinajstić information content (AvgIpc) is 2.66. The quantitative estimate of drug-likeness (QED) is 0.857. The lowest BCUT2D eigenvalue weighted by Gasteiger charge is -2.00. The van der Waals surface area contributed by atoms with E-state index in [4.69, 9.17) is 5.73 Å². The molecule has 0 fully saturated rings. The van der Waals surface area contributed by atoms with Crippen molar-refractivity contribution in [1.82, 2.24) is 4.98 Å². The smallest absolute Gasteiger partial charge is 0.180 e. The molecule has 0 aliphatic heterocycles. The molecule has 1 aromatic heterocycles. The molecule has 16 heavy (non-hydrogen) atoms. The van der Waals surface area contributed by atoms with Gasteiger partial charge in [0, 0.05) is 5.38 Å². The lowest BCUT2D eigenvalue weighted by Crippen LogP contribution is -1.83. The van der Waals surface area contributed by atoms with Crippen molar-refractivity contribution < 1.29 is 0 Å². The molecule has 0 bridgehead atoms. The summed E-state index contributed by atoms with van der Waals surface area (Å²) in [6.07, 6.45) is 4.07. The topological polar surface area (TPSA) is 38.9 Å². The van der Waals surface area contributed by atoms with Gasteiger partial charge in [0.15, 0.2) is 5.13 Å². The SMILES string of the molecule is Cc1ccc(C)c(C=Cc2csc(N)n2)c1. The van der Waals surface area contributed by atoms with Gasteiger partial charge >= 0.3 is 0 Å². The Balaban J connectivity index is 2.26. The molecule has 1 aromatic carbocycles. The Bertz CT molecular complexity index is 526. The van der Waals surface area contributed by atoms with E-state index in [0.717, 1.165) is 5.69 Å². The van der Waals surface area contributed by atoms with Gasteiger partial charge < -0.3 is 5.73 Å². The molecule has 82 valence electrons. The predicted octanol–water partition coefficient (Wildman–Crippen LogP) is 3.51. The van der Waals surface area contributed by atoms with Crippen LogP contribution in [0.3, 0.4) is 0 Å². The van der Waals surface area contributed by atoms with Crippen molar-refractivity contribution in [1.29, 1.82) is 0 Å². The highest BCUT2D eigenvalue weighted by Gasteiger charge is 1.96. The number of hydrogen-bond acceptors (Lipinski definition) is 3. The summed E-state index contributed by atoms with van der Waals surface area (Å²) in [5.74, 6) is 0. The minimum absolute atomic E-state index is 0.612. The third-order valence-corrected chi connectivity index (χ3v) is 3.10. The van der Waals surface area contributed by atoms with Crippen LogP contribution >= 0.6 is 11.3 Å². The predicted molar refractivity (Wildman–Crippen MR) is 71.4 cm³/mol. The van der Waals surface area contributed by atoms with Crippen molar-refractivity contribution >= 4 is 28.6 Å². The van der Waals surface area contributed by atoms with Crippen LogP contribution < -0.4 is 5.73 Å². The molecule has 2 rings (SSSR count). The molecule has 0 radical (unpaired) electrons. The molecule has 1 heterocycles. The second-order valence-electron chi connectivity index (χ2n) is 3.80. The molecule has 2 aromatic rings. The zero-order chi connectivity index (χ0) is 11.5. The maximum atomic E-state index is 5.58. The van der Waals surface area contributed by atoms with Crippen molar-refractivity contribution in [2.75, 3.05) is 5.73 Å². The zero-order valence-electron chi connectivity index (χ0n) is 9.40. The monoisotopic (exact) mass is 230 g/mol. The van der Waals surface area contributed by atoms with Crippen LogP contribution in [0.1, 0.15) is 22.4 Å². The Morgan fingerprint density at radius 2 is 2.06 bits per heavy atom. The molecular formula is C13H14N2S. The highest BCUT2D eigenvalue weighted by Crippen LogP contribution is 2.16. The summed E-state index contributed by atoms with van der Waals surface area (Å²) >= 11 is 1.46. The van der Waals surface area contributed by atoms with Gasteiger partial charge in [0.1, 0.15) is 0 Å². The molecule has 0 aliphatic rings. The summed E-state index contributed by atoms with van der Waals surface area (Å²) in [5, 5.41) is 2.57. The molecule has 0 saturated heterocycles. The molecule has 0 amide bonds. The summed E-state index contributed by atoms with van der Waals surface area (Å²) in [7, 11) is 0. The Hall–Kier alpha value is -1.61. The number of benzene rings is 1. The van der Waals surface area contributed by atoms with E-state index in [1.807, 2.05) is 11.5 Å². The van der Waals surface area contributed by atoms with Gasteiger partial charge in [-0.25, -0.2) is 4.98 Å². The Morgan fingerprint density at radius 3 is 2.75 bits per heavy atom. The molecule has 0 atom stereocenters. The number of anilines is 1. The van der Waals surface area contributed by atoms with Crippen LogP contribution in [0, 0.1) is 13.8 Å². The van der Waals surface area contributed by atoms with Crippen molar-refractivity contribution in [3.05, 3.63) is 46.0 Å². The number of rotatable bonds is 2. The average molecular weight is 230 g/mol. The summed E-state index contributed by atoms with van der Waals surface area (Å²) in [6, 6.07) is 6.42. The summed E-state index contributed by atoms with van der Waals surface area (Å²) < 4.78 is 0. The van der Waals surface area contributed by atoms with Crippen molar-refractivity contribution in [2.45, 2.75) is 13.8 Å². The summed E-state index contributed by atoms with van der Waals surface area (Å²) in [6.45, 7) is 4.20. The van der Waals surface area contributed by atoms with Crippen LogP contribution in [0.25, 0.3) is 12.2 Å². The molecule has 0 saturated carbocycles. The van der Waals surface area contributed by atoms with Gasteiger partial charge in [-0.3, -0.25) is 0 Å². The van der Waals surface area contributed by atoms with Gasteiger partial charge in [0.05, 0.1) is 5.69 Å². The lowest BCUT2D eigenvalue weighted by atomic mass is 10.1. The van der Waals surface area contributed by atoms with Gasteiger partial charge in [-0.2, -0.15) is 0 Å². The second kappa shape index (κ2) is 4.49. The van der Waals surface area contributed by atoms with Crippen LogP contribution in [-0.4, -0.2) is 4.98 Å². The normalized spacial score (nSPS) is 11.1. The number of nitrogens with zero attached hydrogens (tertiary/aromatic N) is 1. The van der Waals surface area contributed by atoms with E-state index in [2.05, 4.69) is 43.1 Å². The number of nitrogen functional groups attached to an aromatic ring is 1. The van der Waals surface area contributed by atoms with E-state index in [9.17, 15) is 0 Å². The number of aromatic nitrogens is 1. The molecule has 0 unspecified atom stereocenters. The van der Waals surface area contributed by atoms with E-state index in [1.165, 1.54) is 28.0 Å². The van der Waals surface area contributed by atoms with Gasteiger partial charge in [0.2, 0.25) is 0 Å². The van der Waals surface area contributed by atoms with Crippen molar-refractivity contribution in [2.24, 2.45) is 0 Å². The van der Waals surface area contributed by atoms with Crippen molar-refractivity contribution in [3.8, 4) is 0 Å². The molecule has 0 aliphatic carbocycles. The van der Waals surface area contributed by atoms with E-state index in [0.29, 0.717) is 5.13 Å². The first-order valence-electron chi connectivity index (χ1n) is 5.11. The first kappa shape index (κ1) is 10.9. The molecule has 2 nitrogen and oxygen atoms in total. The fraction of sp³-hybridized carbons (Fsp3) is 0.154. The molecule has 3 heteroatoms. The third-order valence-electron chi connectivity index (χ3n) is 2.41. The Labute approximate surface area is 99.5 Å². The lowest BCUT2D eigenvalue weighted by molar-refractivity contribution is 1.37. The Kier molecular flexibility index (Phi) is 3.06. The summed E-state index contributed by atoms with van der Waals surface area (Å²) in [4.78, 5) is 4.19. The molecular weight excluding hydrogens is 216 g/mol. The highest BCUT2D eigenvalue weighted by atomic mass is 32.1. The Morgan fingerprint density at radius 1 is 1.25 bits per heavy atom. The van der Waals surface area contributed by atoms with Crippen LogP contribution in [-0.2, 0) is 0 Å². The number of aryl methyl sites for hydroxylation is 2. The largest absolute Gasteiger partial charge is 0.375 e. The van der Waals surface area contributed by atoms with E-state index >= 15 is 0 Å². The molecule has 0 spiro atoms. The summed E-state index contributed by atoms with van der Waals surface area (Å²) in [5.41, 5.74) is 10.3. The van der Waals surface area contributed by atoms with Crippen LogP contribution in [0.4, 0.5) is 5.13 Å². The van der Waals surface area contributed by atoms with Gasteiger partial charge in [-0.1, -0.05) is 29.8 Å². The molecule has 2 N–H and O–H groups in total. The number of hydrogen-bond donors (Lipinski definition) is 1. The number of nitrogens with two attached hydrogens (primary N) is 1. The fourth-order valence-electron chi connectivity index (χ4n) is 1.49. The minimum Gasteiger partial charge on any atom is -0.375 e.